The molecule has 11 heavy (non-hydrogen) atoms. The first kappa shape index (κ1) is 10.3. The van der Waals surface area contributed by atoms with Crippen molar-refractivity contribution in [3.8, 4) is 0 Å². The summed E-state index contributed by atoms with van der Waals surface area (Å²) >= 11 is 0. The Labute approximate surface area is 70.0 Å². The fraction of sp³-hybridized carbons (Fsp3) is 0.600. The summed E-state index contributed by atoms with van der Waals surface area (Å²) in [7, 11) is 0. The molecule has 1 atom stereocenters. The van der Waals surface area contributed by atoms with Gasteiger partial charge in [-0.3, -0.25) is 0 Å². The highest BCUT2D eigenvalue weighted by molar-refractivity contribution is 5.01. The largest absolute Gasteiger partial charge is 0.403 e. The molecule has 0 aromatic rings. The number of hydrogen-bond acceptors (Lipinski definition) is 1. The highest BCUT2D eigenvalue weighted by Crippen LogP contribution is 2.16. The zero-order valence-electron chi connectivity index (χ0n) is 7.85. The molecule has 2 N–H and O–H groups in total. The van der Waals surface area contributed by atoms with Crippen LogP contribution in [0.1, 0.15) is 33.6 Å². The number of allylic oxidation sites excluding steroid dienone is 3. The predicted molar refractivity (Wildman–Crippen MR) is 51.2 cm³/mol. The van der Waals surface area contributed by atoms with E-state index >= 15 is 0 Å². The molecule has 0 fully saturated rings. The van der Waals surface area contributed by atoms with E-state index in [0.29, 0.717) is 5.92 Å². The minimum Gasteiger partial charge on any atom is -0.403 e. The SMILES string of the molecule is C=C(N)CC[C@H](C)/C(C)=C\C. The summed E-state index contributed by atoms with van der Waals surface area (Å²) in [6.45, 7) is 10.1. The fourth-order valence-corrected chi connectivity index (χ4v) is 0.914. The van der Waals surface area contributed by atoms with Crippen LogP contribution >= 0.6 is 0 Å². The maximum atomic E-state index is 5.47. The van der Waals surface area contributed by atoms with Crippen LogP contribution in [-0.4, -0.2) is 0 Å². The monoisotopic (exact) mass is 153 g/mol. The van der Waals surface area contributed by atoms with E-state index in [2.05, 4.69) is 33.4 Å². The van der Waals surface area contributed by atoms with Gasteiger partial charge in [0.25, 0.3) is 0 Å². The summed E-state index contributed by atoms with van der Waals surface area (Å²) in [5, 5.41) is 0. The van der Waals surface area contributed by atoms with E-state index in [1.807, 2.05) is 0 Å². The fourth-order valence-electron chi connectivity index (χ4n) is 0.914. The first-order valence-electron chi connectivity index (χ1n) is 4.14. The molecular weight excluding hydrogens is 134 g/mol. The third-order valence-electron chi connectivity index (χ3n) is 2.13. The van der Waals surface area contributed by atoms with Crippen LogP contribution in [0.2, 0.25) is 0 Å². The van der Waals surface area contributed by atoms with Crippen LogP contribution in [0.3, 0.4) is 0 Å². The summed E-state index contributed by atoms with van der Waals surface area (Å²) in [6, 6.07) is 0. The lowest BCUT2D eigenvalue weighted by Gasteiger charge is -2.10. The van der Waals surface area contributed by atoms with Crippen LogP contribution in [0.25, 0.3) is 0 Å². The second-order valence-corrected chi connectivity index (χ2v) is 3.13. The molecule has 0 aliphatic rings. The molecule has 0 spiro atoms. The Morgan fingerprint density at radius 3 is 2.55 bits per heavy atom. The summed E-state index contributed by atoms with van der Waals surface area (Å²) in [5.74, 6) is 0.639. The van der Waals surface area contributed by atoms with E-state index < -0.39 is 0 Å². The van der Waals surface area contributed by atoms with Gasteiger partial charge in [-0.05, 0) is 32.6 Å². The number of nitrogens with two attached hydrogens (primary N) is 1. The maximum absolute atomic E-state index is 5.47. The molecule has 0 rings (SSSR count). The van der Waals surface area contributed by atoms with Crippen molar-refractivity contribution < 1.29 is 0 Å². The van der Waals surface area contributed by atoms with Gasteiger partial charge in [0.1, 0.15) is 0 Å². The normalized spacial score (nSPS) is 14.6. The third kappa shape index (κ3) is 4.65. The van der Waals surface area contributed by atoms with Crippen LogP contribution in [0.4, 0.5) is 0 Å². The summed E-state index contributed by atoms with van der Waals surface area (Å²) in [5.41, 5.74) is 7.70. The van der Waals surface area contributed by atoms with Crippen LogP contribution in [0, 0.1) is 5.92 Å². The van der Waals surface area contributed by atoms with Crippen molar-refractivity contribution in [2.24, 2.45) is 11.7 Å². The molecule has 0 unspecified atom stereocenters. The molecule has 0 heterocycles. The lowest BCUT2D eigenvalue weighted by Crippen LogP contribution is -2.01. The molecule has 0 aromatic carbocycles. The first-order valence-corrected chi connectivity index (χ1v) is 4.14. The van der Waals surface area contributed by atoms with Crippen molar-refractivity contribution in [3.05, 3.63) is 23.9 Å². The zero-order valence-corrected chi connectivity index (χ0v) is 7.85. The maximum Gasteiger partial charge on any atom is 0.000765 e. The molecular formula is C10H19N. The van der Waals surface area contributed by atoms with Crippen molar-refractivity contribution in [2.75, 3.05) is 0 Å². The Morgan fingerprint density at radius 1 is 1.64 bits per heavy atom. The predicted octanol–water partition coefficient (Wildman–Crippen LogP) is 2.84. The molecule has 0 bridgehead atoms. The number of hydrogen-bond donors (Lipinski definition) is 1. The average molecular weight is 153 g/mol. The van der Waals surface area contributed by atoms with Gasteiger partial charge in [-0.15, -0.1) is 0 Å². The first-order chi connectivity index (χ1) is 5.07. The van der Waals surface area contributed by atoms with Crippen molar-refractivity contribution >= 4 is 0 Å². The van der Waals surface area contributed by atoms with Gasteiger partial charge < -0.3 is 5.73 Å². The topological polar surface area (TPSA) is 26.0 Å². The Kier molecular flexibility index (Phi) is 4.67. The van der Waals surface area contributed by atoms with Crippen molar-refractivity contribution in [2.45, 2.75) is 33.6 Å². The van der Waals surface area contributed by atoms with Crippen LogP contribution in [0.5, 0.6) is 0 Å². The molecule has 0 aliphatic heterocycles. The smallest absolute Gasteiger partial charge is 0.000765 e. The molecule has 0 saturated heterocycles. The Morgan fingerprint density at radius 2 is 2.18 bits per heavy atom. The van der Waals surface area contributed by atoms with Crippen LogP contribution in [-0.2, 0) is 0 Å². The van der Waals surface area contributed by atoms with Crippen LogP contribution in [0.15, 0.2) is 23.9 Å². The summed E-state index contributed by atoms with van der Waals surface area (Å²) in [6.07, 6.45) is 4.21. The second-order valence-electron chi connectivity index (χ2n) is 3.13. The van der Waals surface area contributed by atoms with Gasteiger partial charge in [0.05, 0.1) is 0 Å². The Bertz CT molecular complexity index is 156. The molecule has 0 aromatic heterocycles. The van der Waals surface area contributed by atoms with Gasteiger partial charge in [-0.1, -0.05) is 25.2 Å². The van der Waals surface area contributed by atoms with Crippen molar-refractivity contribution in [1.29, 1.82) is 0 Å². The van der Waals surface area contributed by atoms with Gasteiger partial charge in [-0.25, -0.2) is 0 Å². The van der Waals surface area contributed by atoms with Gasteiger partial charge in [0, 0.05) is 5.70 Å². The molecule has 64 valence electrons. The van der Waals surface area contributed by atoms with Crippen molar-refractivity contribution in [1.82, 2.24) is 0 Å². The molecule has 1 nitrogen and oxygen atoms in total. The van der Waals surface area contributed by atoms with E-state index in [-0.39, 0.29) is 0 Å². The Balaban J connectivity index is 3.69. The quantitative estimate of drug-likeness (QED) is 0.617. The second kappa shape index (κ2) is 5.00. The van der Waals surface area contributed by atoms with Gasteiger partial charge in [-0.2, -0.15) is 0 Å². The van der Waals surface area contributed by atoms with Gasteiger partial charge in [0.2, 0.25) is 0 Å². The lowest BCUT2D eigenvalue weighted by molar-refractivity contribution is 0.608. The summed E-state index contributed by atoms with van der Waals surface area (Å²) < 4.78 is 0. The minimum absolute atomic E-state index is 0.639. The van der Waals surface area contributed by atoms with Crippen LogP contribution < -0.4 is 5.73 Å². The van der Waals surface area contributed by atoms with E-state index in [9.17, 15) is 0 Å². The molecule has 0 saturated carbocycles. The van der Waals surface area contributed by atoms with E-state index in [4.69, 9.17) is 5.73 Å². The zero-order chi connectivity index (χ0) is 8.85. The van der Waals surface area contributed by atoms with Gasteiger partial charge >= 0.3 is 0 Å². The standard InChI is InChI=1S/C10H19N/c1-5-8(2)9(3)6-7-10(4)11/h5,9H,4,6-7,11H2,1-3H3/b8-5-/t9-/m0/s1. The van der Waals surface area contributed by atoms with Crippen molar-refractivity contribution in [3.63, 3.8) is 0 Å². The summed E-state index contributed by atoms with van der Waals surface area (Å²) in [4.78, 5) is 0. The highest BCUT2D eigenvalue weighted by atomic mass is 14.6. The lowest BCUT2D eigenvalue weighted by atomic mass is 9.97. The van der Waals surface area contributed by atoms with E-state index in [1.165, 1.54) is 5.57 Å². The molecule has 0 radical (unpaired) electrons. The number of rotatable bonds is 4. The van der Waals surface area contributed by atoms with Gasteiger partial charge in [0.15, 0.2) is 0 Å². The van der Waals surface area contributed by atoms with E-state index in [1.54, 1.807) is 0 Å². The molecule has 1 heteroatoms. The molecule has 0 amide bonds. The Hall–Kier alpha value is -0.720. The minimum atomic E-state index is 0.639. The third-order valence-corrected chi connectivity index (χ3v) is 2.13. The van der Waals surface area contributed by atoms with E-state index in [0.717, 1.165) is 18.5 Å². The molecule has 0 aliphatic carbocycles. The highest BCUT2D eigenvalue weighted by Gasteiger charge is 2.02. The average Bonchev–Trinajstić information content (AvgIpc) is 1.98.